The molecule has 1 aliphatic rings. The van der Waals surface area contributed by atoms with Gasteiger partial charge in [0.25, 0.3) is 5.91 Å². The summed E-state index contributed by atoms with van der Waals surface area (Å²) in [5.74, 6) is -0.0929. The van der Waals surface area contributed by atoms with Crippen LogP contribution in [-0.4, -0.2) is 40.1 Å². The van der Waals surface area contributed by atoms with Gasteiger partial charge in [-0.2, -0.15) is 0 Å². The molecule has 0 spiro atoms. The van der Waals surface area contributed by atoms with E-state index in [4.69, 9.17) is 10.8 Å². The van der Waals surface area contributed by atoms with Crippen molar-refractivity contribution in [3.05, 3.63) is 16.1 Å². The van der Waals surface area contributed by atoms with Crippen molar-refractivity contribution in [3.63, 3.8) is 0 Å². The number of nitrogens with zero attached hydrogens (tertiary/aromatic N) is 2. The van der Waals surface area contributed by atoms with Crippen molar-refractivity contribution in [2.75, 3.05) is 13.2 Å². The van der Waals surface area contributed by atoms with Crippen LogP contribution in [-0.2, 0) is 0 Å². The number of aliphatic hydroxyl groups excluding tert-OH is 1. The van der Waals surface area contributed by atoms with Gasteiger partial charge in [0, 0.05) is 18.0 Å². The summed E-state index contributed by atoms with van der Waals surface area (Å²) in [5, 5.41) is 11.5. The Bertz CT molecular complexity index is 401. The summed E-state index contributed by atoms with van der Waals surface area (Å²) in [6, 6.07) is 0.142. The molecule has 1 unspecified atom stereocenters. The Labute approximate surface area is 104 Å². The van der Waals surface area contributed by atoms with E-state index in [1.54, 1.807) is 10.3 Å². The standard InChI is InChI=1S/C11H17N3O2S/c1-7(12)10-13-9(6-17-10)11(16)14(4-5-15)8-2-3-8/h6-8,15H,2-5,12H2,1H3. The third-order valence-electron chi connectivity index (χ3n) is 2.72. The summed E-state index contributed by atoms with van der Waals surface area (Å²) in [6.45, 7) is 2.22. The summed E-state index contributed by atoms with van der Waals surface area (Å²) in [7, 11) is 0. The molecule has 1 aliphatic carbocycles. The highest BCUT2D eigenvalue weighted by atomic mass is 32.1. The number of amides is 1. The fourth-order valence-electron chi connectivity index (χ4n) is 1.69. The second kappa shape index (κ2) is 5.12. The number of hydrogen-bond acceptors (Lipinski definition) is 5. The molecule has 3 N–H and O–H groups in total. The molecule has 1 aromatic rings. The molecule has 94 valence electrons. The van der Waals surface area contributed by atoms with Crippen LogP contribution < -0.4 is 5.73 Å². The fraction of sp³-hybridized carbons (Fsp3) is 0.636. The van der Waals surface area contributed by atoms with E-state index >= 15 is 0 Å². The minimum Gasteiger partial charge on any atom is -0.395 e. The first-order valence-corrected chi connectivity index (χ1v) is 6.64. The lowest BCUT2D eigenvalue weighted by Gasteiger charge is -2.19. The third-order valence-corrected chi connectivity index (χ3v) is 3.77. The summed E-state index contributed by atoms with van der Waals surface area (Å²) >= 11 is 1.41. The molecule has 1 amide bonds. The van der Waals surface area contributed by atoms with Crippen molar-refractivity contribution >= 4 is 17.2 Å². The Morgan fingerprint density at radius 3 is 2.94 bits per heavy atom. The minimum atomic E-state index is -0.145. The molecule has 0 aliphatic heterocycles. The first-order chi connectivity index (χ1) is 8.13. The average Bonchev–Trinajstić information content (AvgIpc) is 3.00. The summed E-state index contributed by atoms with van der Waals surface area (Å²) in [5.41, 5.74) is 6.16. The number of hydrogen-bond donors (Lipinski definition) is 2. The van der Waals surface area contributed by atoms with Crippen LogP contribution >= 0.6 is 11.3 Å². The van der Waals surface area contributed by atoms with Crippen LogP contribution in [0.5, 0.6) is 0 Å². The number of aliphatic hydroxyl groups is 1. The second-order valence-corrected chi connectivity index (χ2v) is 5.20. The van der Waals surface area contributed by atoms with Gasteiger partial charge in [0.15, 0.2) is 0 Å². The maximum absolute atomic E-state index is 12.2. The van der Waals surface area contributed by atoms with Gasteiger partial charge >= 0.3 is 0 Å². The molecule has 2 rings (SSSR count). The van der Waals surface area contributed by atoms with Crippen molar-refractivity contribution in [2.24, 2.45) is 5.73 Å². The van der Waals surface area contributed by atoms with Crippen molar-refractivity contribution in [1.29, 1.82) is 0 Å². The van der Waals surface area contributed by atoms with Gasteiger partial charge in [0.2, 0.25) is 0 Å². The zero-order valence-corrected chi connectivity index (χ0v) is 10.6. The van der Waals surface area contributed by atoms with E-state index < -0.39 is 0 Å². The van der Waals surface area contributed by atoms with E-state index in [2.05, 4.69) is 4.98 Å². The molecule has 1 heterocycles. The van der Waals surface area contributed by atoms with Crippen LogP contribution in [0.3, 0.4) is 0 Å². The van der Waals surface area contributed by atoms with Crippen molar-refractivity contribution in [2.45, 2.75) is 31.8 Å². The van der Waals surface area contributed by atoms with Crippen molar-refractivity contribution < 1.29 is 9.90 Å². The maximum Gasteiger partial charge on any atom is 0.273 e. The van der Waals surface area contributed by atoms with Gasteiger partial charge < -0.3 is 15.7 Å². The average molecular weight is 255 g/mol. The highest BCUT2D eigenvalue weighted by Gasteiger charge is 2.33. The van der Waals surface area contributed by atoms with E-state index in [0.717, 1.165) is 17.8 Å². The van der Waals surface area contributed by atoms with Gasteiger partial charge in [-0.05, 0) is 19.8 Å². The Morgan fingerprint density at radius 2 is 2.47 bits per heavy atom. The highest BCUT2D eigenvalue weighted by Crippen LogP contribution is 2.28. The molecule has 1 aromatic heterocycles. The first kappa shape index (κ1) is 12.5. The number of nitrogens with two attached hydrogens (primary N) is 1. The Kier molecular flexibility index (Phi) is 3.76. The molecule has 1 saturated carbocycles. The summed E-state index contributed by atoms with van der Waals surface area (Å²) < 4.78 is 0. The molecule has 6 heteroatoms. The van der Waals surface area contributed by atoms with Gasteiger partial charge in [0.1, 0.15) is 10.7 Å². The molecule has 0 bridgehead atoms. The van der Waals surface area contributed by atoms with Crippen LogP contribution in [0.1, 0.15) is 41.3 Å². The zero-order chi connectivity index (χ0) is 12.4. The van der Waals surface area contributed by atoms with Crippen LogP contribution in [0.25, 0.3) is 0 Å². The van der Waals surface area contributed by atoms with E-state index in [1.165, 1.54) is 11.3 Å². The Morgan fingerprint density at radius 1 is 1.76 bits per heavy atom. The fourth-order valence-corrected chi connectivity index (χ4v) is 2.44. The quantitative estimate of drug-likeness (QED) is 0.814. The zero-order valence-electron chi connectivity index (χ0n) is 9.80. The SMILES string of the molecule is CC(N)c1nc(C(=O)N(CCO)C2CC2)cs1. The van der Waals surface area contributed by atoms with Crippen LogP contribution in [0.15, 0.2) is 5.38 Å². The lowest BCUT2D eigenvalue weighted by Crippen LogP contribution is -2.35. The molecular formula is C11H17N3O2S. The predicted molar refractivity (Wildman–Crippen MR) is 65.9 cm³/mol. The van der Waals surface area contributed by atoms with Gasteiger partial charge in [-0.3, -0.25) is 4.79 Å². The number of carbonyl (C=O) groups excluding carboxylic acids is 1. The molecule has 1 fully saturated rings. The van der Waals surface area contributed by atoms with Crippen LogP contribution in [0, 0.1) is 0 Å². The number of carbonyl (C=O) groups is 1. The molecule has 0 saturated heterocycles. The van der Waals surface area contributed by atoms with E-state index in [1.807, 2.05) is 6.92 Å². The summed E-state index contributed by atoms with van der Waals surface area (Å²) in [6.07, 6.45) is 2.05. The van der Waals surface area contributed by atoms with Gasteiger partial charge in [-0.25, -0.2) is 4.98 Å². The Balaban J connectivity index is 2.10. The van der Waals surface area contributed by atoms with Gasteiger partial charge in [-0.15, -0.1) is 11.3 Å². The molecule has 17 heavy (non-hydrogen) atoms. The van der Waals surface area contributed by atoms with E-state index in [0.29, 0.717) is 12.2 Å². The molecule has 0 aromatic carbocycles. The van der Waals surface area contributed by atoms with E-state index in [9.17, 15) is 4.79 Å². The number of thiazole rings is 1. The lowest BCUT2D eigenvalue weighted by molar-refractivity contribution is 0.0702. The monoisotopic (exact) mass is 255 g/mol. The van der Waals surface area contributed by atoms with Crippen molar-refractivity contribution in [3.8, 4) is 0 Å². The number of rotatable bonds is 5. The summed E-state index contributed by atoms with van der Waals surface area (Å²) in [4.78, 5) is 18.1. The predicted octanol–water partition coefficient (Wildman–Crippen LogP) is 0.760. The molecular weight excluding hydrogens is 238 g/mol. The topological polar surface area (TPSA) is 79.5 Å². The van der Waals surface area contributed by atoms with Crippen LogP contribution in [0.2, 0.25) is 0 Å². The van der Waals surface area contributed by atoms with Gasteiger partial charge in [0.05, 0.1) is 12.6 Å². The van der Waals surface area contributed by atoms with E-state index in [-0.39, 0.29) is 24.6 Å². The molecule has 0 radical (unpaired) electrons. The molecule has 1 atom stereocenters. The van der Waals surface area contributed by atoms with Gasteiger partial charge in [-0.1, -0.05) is 0 Å². The van der Waals surface area contributed by atoms with Crippen molar-refractivity contribution in [1.82, 2.24) is 9.88 Å². The minimum absolute atomic E-state index is 0.00741. The largest absolute Gasteiger partial charge is 0.395 e. The third kappa shape index (κ3) is 2.83. The molecule has 5 nitrogen and oxygen atoms in total. The normalized spacial score (nSPS) is 16.9. The smallest absolute Gasteiger partial charge is 0.273 e. The lowest BCUT2D eigenvalue weighted by atomic mass is 10.3. The highest BCUT2D eigenvalue weighted by molar-refractivity contribution is 7.09. The Hall–Kier alpha value is -0.980. The maximum atomic E-state index is 12.2. The second-order valence-electron chi connectivity index (χ2n) is 4.31. The first-order valence-electron chi connectivity index (χ1n) is 5.76. The van der Waals surface area contributed by atoms with Crippen LogP contribution in [0.4, 0.5) is 0 Å². The number of aromatic nitrogens is 1.